The average Bonchev–Trinajstić information content (AvgIpc) is 2.25. The standard InChI is InChI=1S/C14H21/c1-3-5-6-7-11-14-12-9-8-10-13(14)4-2/h4,8-10,12H,3,5-7,11H2,1-2H3. The van der Waals surface area contributed by atoms with Crippen LogP contribution in [-0.2, 0) is 6.42 Å². The lowest BCUT2D eigenvalue weighted by atomic mass is 9.99. The van der Waals surface area contributed by atoms with E-state index in [1.807, 2.05) is 0 Å². The number of hydrogen-bond acceptors (Lipinski definition) is 0. The Kier molecular flexibility index (Phi) is 5.36. The van der Waals surface area contributed by atoms with Gasteiger partial charge in [0.2, 0.25) is 0 Å². The summed E-state index contributed by atoms with van der Waals surface area (Å²) in [7, 11) is 0. The largest absolute Gasteiger partial charge is 0.0654 e. The van der Waals surface area contributed by atoms with E-state index >= 15 is 0 Å². The lowest BCUT2D eigenvalue weighted by Gasteiger charge is -2.06. The lowest BCUT2D eigenvalue weighted by molar-refractivity contribution is 0.666. The highest BCUT2D eigenvalue weighted by molar-refractivity contribution is 5.32. The third kappa shape index (κ3) is 3.53. The van der Waals surface area contributed by atoms with E-state index in [1.165, 1.54) is 43.2 Å². The Hall–Kier alpha value is -0.780. The molecule has 0 unspecified atom stereocenters. The second-order valence-electron chi connectivity index (χ2n) is 3.80. The second kappa shape index (κ2) is 6.64. The Morgan fingerprint density at radius 2 is 1.86 bits per heavy atom. The molecule has 0 aliphatic rings. The first-order chi connectivity index (χ1) is 6.88. The van der Waals surface area contributed by atoms with Crippen molar-refractivity contribution in [3.63, 3.8) is 0 Å². The van der Waals surface area contributed by atoms with Crippen molar-refractivity contribution in [3.05, 3.63) is 41.8 Å². The van der Waals surface area contributed by atoms with Crippen molar-refractivity contribution >= 4 is 0 Å². The number of rotatable bonds is 6. The molecule has 1 aromatic rings. The van der Waals surface area contributed by atoms with Gasteiger partial charge in [-0.25, -0.2) is 0 Å². The maximum absolute atomic E-state index is 2.26. The van der Waals surface area contributed by atoms with Gasteiger partial charge in [-0.15, -0.1) is 0 Å². The molecule has 0 aromatic heterocycles. The monoisotopic (exact) mass is 189 g/mol. The molecule has 0 atom stereocenters. The Bertz CT molecular complexity index is 250. The van der Waals surface area contributed by atoms with Crippen molar-refractivity contribution in [1.29, 1.82) is 0 Å². The molecule has 0 heteroatoms. The van der Waals surface area contributed by atoms with Gasteiger partial charge in [0.1, 0.15) is 0 Å². The molecule has 0 N–H and O–H groups in total. The number of benzene rings is 1. The lowest BCUT2D eigenvalue weighted by Crippen LogP contribution is -1.91. The molecular weight excluding hydrogens is 168 g/mol. The van der Waals surface area contributed by atoms with Crippen LogP contribution >= 0.6 is 0 Å². The fourth-order valence-electron chi connectivity index (χ4n) is 1.79. The zero-order valence-electron chi connectivity index (χ0n) is 9.42. The van der Waals surface area contributed by atoms with Crippen LogP contribution in [0.3, 0.4) is 0 Å². The highest BCUT2D eigenvalue weighted by atomic mass is 14.0. The van der Waals surface area contributed by atoms with Gasteiger partial charge in [0.05, 0.1) is 0 Å². The third-order valence-corrected chi connectivity index (χ3v) is 2.67. The van der Waals surface area contributed by atoms with Gasteiger partial charge in [0.15, 0.2) is 0 Å². The molecule has 0 spiro atoms. The van der Waals surface area contributed by atoms with E-state index in [1.54, 1.807) is 0 Å². The summed E-state index contributed by atoms with van der Waals surface area (Å²) in [5.74, 6) is 0. The molecule has 14 heavy (non-hydrogen) atoms. The number of unbranched alkanes of at least 4 members (excludes halogenated alkanes) is 3. The van der Waals surface area contributed by atoms with Crippen molar-refractivity contribution in [2.75, 3.05) is 0 Å². The summed E-state index contributed by atoms with van der Waals surface area (Å²) in [6.07, 6.45) is 8.84. The Morgan fingerprint density at radius 3 is 2.57 bits per heavy atom. The zero-order chi connectivity index (χ0) is 10.2. The molecule has 0 saturated heterocycles. The summed E-state index contributed by atoms with van der Waals surface area (Å²) in [5.41, 5.74) is 2.91. The summed E-state index contributed by atoms with van der Waals surface area (Å²) < 4.78 is 0. The number of aryl methyl sites for hydroxylation is 1. The van der Waals surface area contributed by atoms with Crippen molar-refractivity contribution in [1.82, 2.24) is 0 Å². The predicted molar refractivity (Wildman–Crippen MR) is 63.4 cm³/mol. The fraction of sp³-hybridized carbons (Fsp3) is 0.500. The van der Waals surface area contributed by atoms with E-state index in [9.17, 15) is 0 Å². The Morgan fingerprint density at radius 1 is 1.07 bits per heavy atom. The van der Waals surface area contributed by atoms with Gasteiger partial charge in [-0.05, 0) is 30.4 Å². The van der Waals surface area contributed by atoms with Gasteiger partial charge in [0.25, 0.3) is 0 Å². The van der Waals surface area contributed by atoms with Gasteiger partial charge in [-0.3, -0.25) is 0 Å². The molecule has 0 aliphatic heterocycles. The molecule has 0 amide bonds. The Labute approximate surface area is 88.4 Å². The minimum Gasteiger partial charge on any atom is -0.0654 e. The van der Waals surface area contributed by atoms with Crippen molar-refractivity contribution in [3.8, 4) is 0 Å². The molecule has 0 nitrogen and oxygen atoms in total. The van der Waals surface area contributed by atoms with Crippen LogP contribution in [0.25, 0.3) is 0 Å². The predicted octanol–water partition coefficient (Wildman–Crippen LogP) is 4.38. The van der Waals surface area contributed by atoms with Gasteiger partial charge in [0, 0.05) is 0 Å². The van der Waals surface area contributed by atoms with Crippen molar-refractivity contribution in [2.24, 2.45) is 0 Å². The Balaban J connectivity index is 2.41. The minimum atomic E-state index is 1.24. The molecule has 0 bridgehead atoms. The van der Waals surface area contributed by atoms with E-state index in [-0.39, 0.29) is 0 Å². The van der Waals surface area contributed by atoms with E-state index < -0.39 is 0 Å². The van der Waals surface area contributed by atoms with Crippen LogP contribution in [0.1, 0.15) is 50.7 Å². The summed E-state index contributed by atoms with van der Waals surface area (Å²) in [4.78, 5) is 0. The smallest absolute Gasteiger partial charge is 0.0121 e. The van der Waals surface area contributed by atoms with E-state index in [0.717, 1.165) is 0 Å². The molecule has 0 heterocycles. The molecule has 1 aromatic carbocycles. The second-order valence-corrected chi connectivity index (χ2v) is 3.80. The van der Waals surface area contributed by atoms with Crippen molar-refractivity contribution < 1.29 is 0 Å². The quantitative estimate of drug-likeness (QED) is 0.582. The maximum atomic E-state index is 2.26. The molecule has 1 radical (unpaired) electrons. The SMILES string of the molecule is C[CH]c1ccccc1CCCCCC. The minimum absolute atomic E-state index is 1.24. The van der Waals surface area contributed by atoms with Crippen LogP contribution < -0.4 is 0 Å². The first kappa shape index (κ1) is 11.3. The van der Waals surface area contributed by atoms with Crippen LogP contribution in [-0.4, -0.2) is 0 Å². The topological polar surface area (TPSA) is 0 Å². The highest BCUT2D eigenvalue weighted by Crippen LogP contribution is 2.14. The third-order valence-electron chi connectivity index (χ3n) is 2.67. The van der Waals surface area contributed by atoms with Gasteiger partial charge in [-0.1, -0.05) is 57.4 Å². The fourth-order valence-corrected chi connectivity index (χ4v) is 1.79. The molecule has 0 fully saturated rings. The number of hydrogen-bond donors (Lipinski definition) is 0. The zero-order valence-corrected chi connectivity index (χ0v) is 9.42. The van der Waals surface area contributed by atoms with Crippen LogP contribution in [0.2, 0.25) is 0 Å². The molecular formula is C14H21. The normalized spacial score (nSPS) is 10.4. The van der Waals surface area contributed by atoms with Crippen molar-refractivity contribution in [2.45, 2.75) is 46.0 Å². The van der Waals surface area contributed by atoms with Crippen LogP contribution in [0, 0.1) is 6.42 Å². The molecule has 77 valence electrons. The van der Waals surface area contributed by atoms with Crippen LogP contribution in [0.15, 0.2) is 24.3 Å². The van der Waals surface area contributed by atoms with Gasteiger partial charge >= 0.3 is 0 Å². The van der Waals surface area contributed by atoms with Crippen LogP contribution in [0.4, 0.5) is 0 Å². The van der Waals surface area contributed by atoms with E-state index in [4.69, 9.17) is 0 Å². The summed E-state index contributed by atoms with van der Waals surface area (Å²) in [6.45, 7) is 4.37. The molecule has 0 saturated carbocycles. The average molecular weight is 189 g/mol. The summed E-state index contributed by atoms with van der Waals surface area (Å²) in [6, 6.07) is 8.71. The first-order valence-corrected chi connectivity index (χ1v) is 5.75. The molecule has 0 aliphatic carbocycles. The summed E-state index contributed by atoms with van der Waals surface area (Å²) in [5, 5.41) is 0. The first-order valence-electron chi connectivity index (χ1n) is 5.75. The maximum Gasteiger partial charge on any atom is -0.0121 e. The van der Waals surface area contributed by atoms with E-state index in [0.29, 0.717) is 0 Å². The summed E-state index contributed by atoms with van der Waals surface area (Å²) >= 11 is 0. The van der Waals surface area contributed by atoms with E-state index in [2.05, 4.69) is 44.5 Å². The van der Waals surface area contributed by atoms with Crippen LogP contribution in [0.5, 0.6) is 0 Å². The van der Waals surface area contributed by atoms with Gasteiger partial charge < -0.3 is 0 Å². The molecule has 1 rings (SSSR count). The highest BCUT2D eigenvalue weighted by Gasteiger charge is 1.98. The van der Waals surface area contributed by atoms with Gasteiger partial charge in [-0.2, -0.15) is 0 Å².